The second-order valence-electron chi connectivity index (χ2n) is 10.3. The number of benzene rings is 2. The normalized spacial score (nSPS) is 12.0. The van der Waals surface area contributed by atoms with Gasteiger partial charge in [-0.25, -0.2) is 9.78 Å². The topological polar surface area (TPSA) is 164 Å². The van der Waals surface area contributed by atoms with E-state index in [2.05, 4.69) is 15.6 Å². The highest BCUT2D eigenvalue weighted by Gasteiger charge is 2.27. The number of thiophene rings is 1. The number of ether oxygens (including phenoxy) is 1. The van der Waals surface area contributed by atoms with Crippen molar-refractivity contribution >= 4 is 34.8 Å². The van der Waals surface area contributed by atoms with Gasteiger partial charge in [0, 0.05) is 58.9 Å². The molecule has 0 atom stereocenters. The number of nitrogens with two attached hydrogens (primary N) is 1. The van der Waals surface area contributed by atoms with Crippen molar-refractivity contribution in [3.8, 4) is 27.3 Å². The summed E-state index contributed by atoms with van der Waals surface area (Å²) in [5.74, 6) is -1.83. The van der Waals surface area contributed by atoms with Crippen molar-refractivity contribution in [1.29, 1.82) is 0 Å². The van der Waals surface area contributed by atoms with Crippen LogP contribution in [0.3, 0.4) is 0 Å². The molecule has 3 heterocycles. The third-order valence-electron chi connectivity index (χ3n) is 7.29. The number of carbonyl (C=O) groups excluding carboxylic acids is 2. The molecule has 0 unspecified atom stereocenters. The molecule has 2 amide bonds. The maximum atomic E-state index is 14.1. The Bertz CT molecular complexity index is 1710. The highest BCUT2D eigenvalue weighted by atomic mass is 32.1. The fourth-order valence-corrected chi connectivity index (χ4v) is 6.19. The molecule has 6 N–H and O–H groups in total. The van der Waals surface area contributed by atoms with Gasteiger partial charge in [-0.1, -0.05) is 12.1 Å². The van der Waals surface area contributed by atoms with Gasteiger partial charge in [-0.2, -0.15) is 0 Å². The number of fused-ring (bicyclic) bond motifs is 3. The lowest BCUT2D eigenvalue weighted by Gasteiger charge is -2.18. The molecule has 0 bridgehead atoms. The molecule has 5 rings (SSSR count). The van der Waals surface area contributed by atoms with Gasteiger partial charge >= 0.3 is 5.97 Å². The highest BCUT2D eigenvalue weighted by Crippen LogP contribution is 2.43. The van der Waals surface area contributed by atoms with E-state index in [-0.39, 0.29) is 35.7 Å². The monoisotopic (exact) mass is 600 g/mol. The molecule has 0 radical (unpaired) electrons. The summed E-state index contributed by atoms with van der Waals surface area (Å²) in [4.78, 5) is 44.3. The van der Waals surface area contributed by atoms with Crippen LogP contribution in [0.1, 0.15) is 60.0 Å². The van der Waals surface area contributed by atoms with Crippen LogP contribution in [-0.2, 0) is 13.0 Å². The zero-order chi connectivity index (χ0) is 30.7. The number of hydrogen-bond acceptors (Lipinski definition) is 8. The quantitative estimate of drug-likeness (QED) is 0.175. The molecule has 2 aromatic carbocycles. The molecule has 0 spiro atoms. The number of carboxylic acid groups (broad SMARTS) is 1. The minimum Gasteiger partial charge on any atom is -0.493 e. The number of amides is 2. The van der Waals surface area contributed by atoms with E-state index in [1.165, 1.54) is 12.1 Å². The second kappa shape index (κ2) is 12.7. The largest absolute Gasteiger partial charge is 0.493 e. The van der Waals surface area contributed by atoms with Gasteiger partial charge in [0.1, 0.15) is 11.4 Å². The lowest BCUT2D eigenvalue weighted by molar-refractivity contribution is 0.0691. The summed E-state index contributed by atoms with van der Waals surface area (Å²) < 4.78 is 6.10. The molecule has 0 saturated heterocycles. The van der Waals surface area contributed by atoms with E-state index in [0.717, 1.165) is 32.7 Å². The van der Waals surface area contributed by atoms with E-state index in [1.54, 1.807) is 23.5 Å². The molecule has 1 aliphatic rings. The standard InChI is InChI=1S/C32H32N4O6S/c1-17-12-19(16-33)13-18(2)27(17)36-30(38)23-14-24-26(42-10-6-20-7-11-43-29(20)24)15-22(23)21-4-5-25(35-28(21)32(40)41)31(39)34-8-3-9-37/h4-5,7,11-15,37H,3,6,8-10,16,33H2,1-2H3,(H,34,39)(H,36,38)(H,40,41). The molecule has 222 valence electrons. The van der Waals surface area contributed by atoms with Crippen LogP contribution in [0.5, 0.6) is 5.75 Å². The van der Waals surface area contributed by atoms with E-state index in [4.69, 9.17) is 15.6 Å². The Hall–Kier alpha value is -4.58. The number of carbonyl (C=O) groups is 3. The van der Waals surface area contributed by atoms with Crippen LogP contribution in [0.15, 0.2) is 47.8 Å². The van der Waals surface area contributed by atoms with Crippen molar-refractivity contribution in [2.45, 2.75) is 33.2 Å². The van der Waals surface area contributed by atoms with Crippen molar-refractivity contribution < 1.29 is 29.3 Å². The van der Waals surface area contributed by atoms with E-state index in [9.17, 15) is 19.5 Å². The fraction of sp³-hybridized carbons (Fsp3) is 0.250. The average Bonchev–Trinajstić information content (AvgIpc) is 3.39. The molecule has 11 heteroatoms. The maximum absolute atomic E-state index is 14.1. The van der Waals surface area contributed by atoms with Gasteiger partial charge in [0.15, 0.2) is 5.69 Å². The summed E-state index contributed by atoms with van der Waals surface area (Å²) >= 11 is 1.55. The average molecular weight is 601 g/mol. The Balaban J connectivity index is 1.66. The SMILES string of the molecule is Cc1cc(CN)cc(C)c1NC(=O)c1cc2c(cc1-c1ccc(C(=O)NCCCO)nc1C(=O)O)OCCc1ccsc1-2. The first-order chi connectivity index (χ1) is 20.7. The van der Waals surface area contributed by atoms with Gasteiger partial charge in [0.05, 0.1) is 6.61 Å². The second-order valence-corrected chi connectivity index (χ2v) is 11.2. The summed E-state index contributed by atoms with van der Waals surface area (Å²) in [6.07, 6.45) is 1.04. The van der Waals surface area contributed by atoms with Crippen LogP contribution < -0.4 is 21.1 Å². The Labute approximate surface area is 252 Å². The van der Waals surface area contributed by atoms with Gasteiger partial charge in [0.2, 0.25) is 0 Å². The van der Waals surface area contributed by atoms with Crippen LogP contribution in [0, 0.1) is 13.8 Å². The van der Waals surface area contributed by atoms with Gasteiger partial charge < -0.3 is 31.3 Å². The van der Waals surface area contributed by atoms with Crippen molar-refractivity contribution in [2.24, 2.45) is 5.73 Å². The Morgan fingerprint density at radius 3 is 2.49 bits per heavy atom. The molecule has 2 aromatic heterocycles. The number of carboxylic acids is 1. The third kappa shape index (κ3) is 6.14. The van der Waals surface area contributed by atoms with Crippen molar-refractivity contribution in [2.75, 3.05) is 25.1 Å². The first-order valence-corrected chi connectivity index (χ1v) is 14.7. The molecule has 0 aliphatic carbocycles. The number of aromatic nitrogens is 1. The number of rotatable bonds is 9. The van der Waals surface area contributed by atoms with Gasteiger partial charge in [-0.15, -0.1) is 11.3 Å². The van der Waals surface area contributed by atoms with Crippen molar-refractivity contribution in [1.82, 2.24) is 10.3 Å². The number of aryl methyl sites for hydroxylation is 2. The molecule has 10 nitrogen and oxygen atoms in total. The Morgan fingerprint density at radius 1 is 1.02 bits per heavy atom. The van der Waals surface area contributed by atoms with E-state index < -0.39 is 17.8 Å². The third-order valence-corrected chi connectivity index (χ3v) is 8.28. The van der Waals surface area contributed by atoms with E-state index in [0.29, 0.717) is 43.0 Å². The van der Waals surface area contributed by atoms with Crippen LogP contribution in [0.25, 0.3) is 21.6 Å². The van der Waals surface area contributed by atoms with Crippen LogP contribution in [-0.4, -0.2) is 52.7 Å². The van der Waals surface area contributed by atoms with Crippen molar-refractivity contribution in [3.05, 3.63) is 87.0 Å². The minimum absolute atomic E-state index is 0.0921. The Morgan fingerprint density at radius 2 is 1.79 bits per heavy atom. The smallest absolute Gasteiger partial charge is 0.355 e. The summed E-state index contributed by atoms with van der Waals surface area (Å²) in [6, 6.07) is 12.2. The summed E-state index contributed by atoms with van der Waals surface area (Å²) in [5, 5.41) is 26.8. The lowest BCUT2D eigenvalue weighted by Crippen LogP contribution is -2.26. The molecular weight excluding hydrogens is 568 g/mol. The highest BCUT2D eigenvalue weighted by molar-refractivity contribution is 7.13. The number of aromatic carboxylic acids is 1. The molecule has 0 fully saturated rings. The number of aliphatic hydroxyl groups is 1. The number of nitrogens with one attached hydrogen (secondary N) is 2. The van der Waals surface area contributed by atoms with Crippen LogP contribution in [0.2, 0.25) is 0 Å². The fourth-order valence-electron chi connectivity index (χ4n) is 5.21. The molecule has 0 saturated carbocycles. The number of anilines is 1. The van der Waals surface area contributed by atoms with Gasteiger partial charge in [-0.3, -0.25) is 9.59 Å². The van der Waals surface area contributed by atoms with Crippen molar-refractivity contribution in [3.63, 3.8) is 0 Å². The lowest BCUT2D eigenvalue weighted by atomic mass is 9.93. The predicted octanol–water partition coefficient (Wildman–Crippen LogP) is 4.55. The summed E-state index contributed by atoms with van der Waals surface area (Å²) in [6.45, 7) is 4.69. The molecule has 4 aromatic rings. The van der Waals surface area contributed by atoms with E-state index >= 15 is 0 Å². The zero-order valence-electron chi connectivity index (χ0n) is 23.8. The number of nitrogens with zero attached hydrogens (tertiary/aromatic N) is 1. The number of pyridine rings is 1. The van der Waals surface area contributed by atoms with E-state index in [1.807, 2.05) is 37.4 Å². The van der Waals surface area contributed by atoms with Crippen LogP contribution in [0.4, 0.5) is 5.69 Å². The predicted molar refractivity (Wildman–Crippen MR) is 165 cm³/mol. The first kappa shape index (κ1) is 29.9. The Kier molecular flexibility index (Phi) is 8.86. The maximum Gasteiger partial charge on any atom is 0.355 e. The molecular formula is C32H32N4O6S. The van der Waals surface area contributed by atoms with Gasteiger partial charge in [0.25, 0.3) is 11.8 Å². The van der Waals surface area contributed by atoms with Crippen LogP contribution >= 0.6 is 11.3 Å². The van der Waals surface area contributed by atoms with Gasteiger partial charge in [-0.05, 0) is 78.2 Å². The number of aliphatic hydroxyl groups excluding tert-OH is 1. The first-order valence-electron chi connectivity index (χ1n) is 13.8. The summed E-state index contributed by atoms with van der Waals surface area (Å²) in [5.41, 5.74) is 11.2. The minimum atomic E-state index is -1.35. The zero-order valence-corrected chi connectivity index (χ0v) is 24.6. The number of hydrogen-bond donors (Lipinski definition) is 5. The summed E-state index contributed by atoms with van der Waals surface area (Å²) in [7, 11) is 0. The molecule has 1 aliphatic heterocycles. The molecule has 43 heavy (non-hydrogen) atoms.